The van der Waals surface area contributed by atoms with Gasteiger partial charge in [0, 0.05) is 22.7 Å². The third-order valence-electron chi connectivity index (χ3n) is 2.78. The van der Waals surface area contributed by atoms with Crippen molar-refractivity contribution in [1.29, 1.82) is 0 Å². The maximum Gasteiger partial charge on any atom is 0.277 e. The lowest BCUT2D eigenvalue weighted by molar-refractivity contribution is -0.384. The Morgan fingerprint density at radius 3 is 2.88 bits per heavy atom. The number of non-ortho nitro benzene ring substituents is 1. The largest absolute Gasteiger partial charge is 0.507 e. The maximum atomic E-state index is 11.6. The van der Waals surface area contributed by atoms with Crippen molar-refractivity contribution in [3.05, 3.63) is 63.2 Å². The van der Waals surface area contributed by atoms with Gasteiger partial charge in [-0.15, -0.1) is 0 Å². The lowest BCUT2D eigenvalue weighted by atomic mass is 10.2. The van der Waals surface area contributed by atoms with Crippen molar-refractivity contribution in [2.45, 2.75) is 0 Å². The van der Waals surface area contributed by atoms with Crippen molar-refractivity contribution >= 4 is 29.4 Å². The molecule has 0 saturated heterocycles. The van der Waals surface area contributed by atoms with E-state index in [0.717, 1.165) is 18.3 Å². The van der Waals surface area contributed by atoms with Crippen LogP contribution in [0, 0.1) is 10.1 Å². The van der Waals surface area contributed by atoms with E-state index in [1.54, 1.807) is 24.3 Å². The molecule has 0 saturated carbocycles. The molecule has 0 bridgehead atoms. The van der Waals surface area contributed by atoms with Crippen LogP contribution in [0.2, 0.25) is 5.02 Å². The third kappa shape index (κ3) is 4.96. The number of hydrogen-bond acceptors (Lipinski definition) is 6. The number of hydrazone groups is 1. The van der Waals surface area contributed by atoms with Gasteiger partial charge in [-0.25, -0.2) is 5.43 Å². The standard InChI is InChI=1S/C15H12ClN3O5/c16-11-2-1-3-13(7-11)24-9-15(21)18-17-8-10-6-12(19(22)23)4-5-14(10)20/h1-8,20H,9H2,(H,18,21)/b17-8-. The molecule has 0 aliphatic carbocycles. The van der Waals surface area contributed by atoms with Gasteiger partial charge in [-0.05, 0) is 24.3 Å². The Bertz CT molecular complexity index is 794. The van der Waals surface area contributed by atoms with Crippen LogP contribution in [-0.2, 0) is 4.79 Å². The van der Waals surface area contributed by atoms with E-state index in [0.29, 0.717) is 10.8 Å². The molecule has 0 aliphatic rings. The van der Waals surface area contributed by atoms with Crippen molar-refractivity contribution in [3.8, 4) is 11.5 Å². The summed E-state index contributed by atoms with van der Waals surface area (Å²) in [6, 6.07) is 10.0. The molecule has 1 amide bonds. The molecule has 2 aromatic rings. The number of nitro benzene ring substituents is 1. The van der Waals surface area contributed by atoms with Gasteiger partial charge in [-0.3, -0.25) is 14.9 Å². The number of carbonyl (C=O) groups is 1. The van der Waals surface area contributed by atoms with Crippen molar-refractivity contribution in [2.75, 3.05) is 6.61 Å². The second kappa shape index (κ2) is 7.93. The number of halogens is 1. The minimum absolute atomic E-state index is 0.0975. The van der Waals surface area contributed by atoms with Crippen molar-refractivity contribution in [3.63, 3.8) is 0 Å². The number of nitro groups is 1. The first-order valence-electron chi connectivity index (χ1n) is 6.63. The molecule has 0 radical (unpaired) electrons. The van der Waals surface area contributed by atoms with Crippen LogP contribution in [0.25, 0.3) is 0 Å². The number of aromatic hydroxyl groups is 1. The molecule has 124 valence electrons. The molecule has 2 N–H and O–H groups in total. The molecular weight excluding hydrogens is 338 g/mol. The zero-order valence-electron chi connectivity index (χ0n) is 12.2. The Kier molecular flexibility index (Phi) is 5.69. The Hall–Kier alpha value is -3.13. The van der Waals surface area contributed by atoms with Crippen LogP contribution in [0.3, 0.4) is 0 Å². The summed E-state index contributed by atoms with van der Waals surface area (Å²) in [5.41, 5.74) is 2.08. The van der Waals surface area contributed by atoms with E-state index in [2.05, 4.69) is 10.5 Å². The summed E-state index contributed by atoms with van der Waals surface area (Å²) in [6.45, 7) is -0.293. The molecule has 2 aromatic carbocycles. The Morgan fingerprint density at radius 1 is 1.38 bits per heavy atom. The van der Waals surface area contributed by atoms with Crippen molar-refractivity contribution in [2.24, 2.45) is 5.10 Å². The second-order valence-corrected chi connectivity index (χ2v) is 4.98. The fraction of sp³-hybridized carbons (Fsp3) is 0.0667. The minimum Gasteiger partial charge on any atom is -0.507 e. The predicted molar refractivity (Wildman–Crippen MR) is 87.4 cm³/mol. The van der Waals surface area contributed by atoms with Crippen LogP contribution < -0.4 is 10.2 Å². The number of benzene rings is 2. The summed E-state index contributed by atoms with van der Waals surface area (Å²) in [5, 5.41) is 24.4. The van der Waals surface area contributed by atoms with Crippen LogP contribution in [0.5, 0.6) is 11.5 Å². The quantitative estimate of drug-likeness (QED) is 0.472. The van der Waals surface area contributed by atoms with E-state index in [-0.39, 0.29) is 23.6 Å². The predicted octanol–water partition coefficient (Wildman–Crippen LogP) is 2.48. The Labute approximate surface area is 141 Å². The number of ether oxygens (including phenoxy) is 1. The monoisotopic (exact) mass is 349 g/mol. The summed E-state index contributed by atoms with van der Waals surface area (Å²) in [6.07, 6.45) is 1.10. The molecule has 24 heavy (non-hydrogen) atoms. The molecule has 0 spiro atoms. The Balaban J connectivity index is 1.90. The van der Waals surface area contributed by atoms with E-state index in [1.807, 2.05) is 0 Å². The van der Waals surface area contributed by atoms with Gasteiger partial charge < -0.3 is 9.84 Å². The summed E-state index contributed by atoms with van der Waals surface area (Å²) < 4.78 is 5.22. The van der Waals surface area contributed by atoms with Crippen LogP contribution in [0.15, 0.2) is 47.6 Å². The molecule has 2 rings (SSSR count). The lowest BCUT2D eigenvalue weighted by Crippen LogP contribution is -2.24. The van der Waals surface area contributed by atoms with Crippen LogP contribution in [0.1, 0.15) is 5.56 Å². The number of rotatable bonds is 6. The number of phenols is 1. The summed E-state index contributed by atoms with van der Waals surface area (Å²) in [5.74, 6) is -0.317. The summed E-state index contributed by atoms with van der Waals surface area (Å²) in [7, 11) is 0. The number of hydrogen-bond donors (Lipinski definition) is 2. The SMILES string of the molecule is O=C(COc1cccc(Cl)c1)N/N=C\c1cc([N+](=O)[O-])ccc1O. The van der Waals surface area contributed by atoms with E-state index in [9.17, 15) is 20.0 Å². The van der Waals surface area contributed by atoms with Gasteiger partial charge >= 0.3 is 0 Å². The highest BCUT2D eigenvalue weighted by molar-refractivity contribution is 6.30. The number of nitrogens with zero attached hydrogens (tertiary/aromatic N) is 2. The average molecular weight is 350 g/mol. The highest BCUT2D eigenvalue weighted by atomic mass is 35.5. The smallest absolute Gasteiger partial charge is 0.277 e. The van der Waals surface area contributed by atoms with Crippen molar-refractivity contribution in [1.82, 2.24) is 5.43 Å². The number of nitrogens with one attached hydrogen (secondary N) is 1. The molecule has 0 atom stereocenters. The molecule has 9 heteroatoms. The van der Waals surface area contributed by atoms with E-state index in [1.165, 1.54) is 6.07 Å². The number of amides is 1. The highest BCUT2D eigenvalue weighted by Gasteiger charge is 2.09. The van der Waals surface area contributed by atoms with Crippen LogP contribution in [0.4, 0.5) is 5.69 Å². The van der Waals surface area contributed by atoms with Crippen molar-refractivity contribution < 1.29 is 19.6 Å². The molecule has 0 heterocycles. The highest BCUT2D eigenvalue weighted by Crippen LogP contribution is 2.21. The molecular formula is C15H12ClN3O5. The number of phenolic OH excluding ortho intramolecular Hbond substituents is 1. The average Bonchev–Trinajstić information content (AvgIpc) is 2.54. The molecule has 8 nitrogen and oxygen atoms in total. The maximum absolute atomic E-state index is 11.6. The first-order valence-corrected chi connectivity index (χ1v) is 7.01. The molecule has 0 aliphatic heterocycles. The van der Waals surface area contributed by atoms with E-state index < -0.39 is 10.8 Å². The molecule has 0 fully saturated rings. The summed E-state index contributed by atoms with van der Waals surface area (Å²) >= 11 is 5.79. The van der Waals surface area contributed by atoms with Gasteiger partial charge in [0.05, 0.1) is 11.1 Å². The van der Waals surface area contributed by atoms with Gasteiger partial charge in [0.2, 0.25) is 0 Å². The van der Waals surface area contributed by atoms with E-state index in [4.69, 9.17) is 16.3 Å². The lowest BCUT2D eigenvalue weighted by Gasteiger charge is -2.05. The van der Waals surface area contributed by atoms with Crippen LogP contribution in [-0.4, -0.2) is 28.8 Å². The fourth-order valence-corrected chi connectivity index (χ4v) is 1.85. The zero-order valence-corrected chi connectivity index (χ0v) is 12.9. The minimum atomic E-state index is -0.603. The Morgan fingerprint density at radius 2 is 2.17 bits per heavy atom. The first kappa shape index (κ1) is 17.2. The molecule has 0 aromatic heterocycles. The fourth-order valence-electron chi connectivity index (χ4n) is 1.67. The van der Waals surface area contributed by atoms with Gasteiger partial charge in [-0.1, -0.05) is 17.7 Å². The molecule has 0 unspecified atom stereocenters. The number of carbonyl (C=O) groups excluding carboxylic acids is 1. The topological polar surface area (TPSA) is 114 Å². The van der Waals surface area contributed by atoms with E-state index >= 15 is 0 Å². The van der Waals surface area contributed by atoms with Gasteiger partial charge in [0.1, 0.15) is 11.5 Å². The zero-order chi connectivity index (χ0) is 17.5. The van der Waals surface area contributed by atoms with Gasteiger partial charge in [0.25, 0.3) is 11.6 Å². The van der Waals surface area contributed by atoms with Gasteiger partial charge in [-0.2, -0.15) is 5.10 Å². The first-order chi connectivity index (χ1) is 11.5. The normalized spacial score (nSPS) is 10.5. The van der Waals surface area contributed by atoms with Crippen LogP contribution >= 0.6 is 11.6 Å². The third-order valence-corrected chi connectivity index (χ3v) is 3.02. The second-order valence-electron chi connectivity index (χ2n) is 4.54. The van der Waals surface area contributed by atoms with Gasteiger partial charge in [0.15, 0.2) is 6.61 Å². The summed E-state index contributed by atoms with van der Waals surface area (Å²) in [4.78, 5) is 21.7.